The van der Waals surface area contributed by atoms with Crippen molar-refractivity contribution in [3.63, 3.8) is 0 Å². The first-order chi connectivity index (χ1) is 15.5. The van der Waals surface area contributed by atoms with E-state index in [1.54, 1.807) is 36.4 Å². The van der Waals surface area contributed by atoms with E-state index in [9.17, 15) is 14.4 Å². The van der Waals surface area contributed by atoms with Crippen LogP contribution in [0.3, 0.4) is 0 Å². The highest BCUT2D eigenvalue weighted by atomic mass is 16.6. The van der Waals surface area contributed by atoms with Crippen LogP contribution in [0.15, 0.2) is 57.7 Å². The van der Waals surface area contributed by atoms with Gasteiger partial charge in [0.05, 0.1) is 6.61 Å². The SMILES string of the molecule is CCCCNC(=O)c1cc2ccc(OC(=O)COc3ccc(OCC)cc3)cc2oc1=O. The molecule has 3 aromatic rings. The smallest absolute Gasteiger partial charge is 0.349 e. The highest BCUT2D eigenvalue weighted by molar-refractivity contribution is 5.96. The summed E-state index contributed by atoms with van der Waals surface area (Å²) >= 11 is 0. The van der Waals surface area contributed by atoms with E-state index in [1.165, 1.54) is 12.1 Å². The summed E-state index contributed by atoms with van der Waals surface area (Å²) in [6, 6.07) is 12.9. The molecule has 1 aromatic heterocycles. The van der Waals surface area contributed by atoms with Gasteiger partial charge in [-0.15, -0.1) is 0 Å². The van der Waals surface area contributed by atoms with Gasteiger partial charge in [-0.25, -0.2) is 9.59 Å². The molecule has 0 aliphatic carbocycles. The number of fused-ring (bicyclic) bond motifs is 1. The molecule has 1 heterocycles. The molecule has 8 heteroatoms. The van der Waals surface area contributed by atoms with Crippen molar-refractivity contribution in [2.45, 2.75) is 26.7 Å². The number of hydrogen-bond donors (Lipinski definition) is 1. The van der Waals surface area contributed by atoms with E-state index in [4.69, 9.17) is 18.6 Å². The number of hydrogen-bond acceptors (Lipinski definition) is 7. The molecule has 0 atom stereocenters. The number of carbonyl (C=O) groups excluding carboxylic acids is 2. The summed E-state index contributed by atoms with van der Waals surface area (Å²) in [4.78, 5) is 36.5. The number of unbranched alkanes of at least 4 members (excludes halogenated alkanes) is 1. The van der Waals surface area contributed by atoms with Crippen LogP contribution in [0, 0.1) is 0 Å². The molecule has 0 unspecified atom stereocenters. The van der Waals surface area contributed by atoms with E-state index in [0.29, 0.717) is 30.0 Å². The van der Waals surface area contributed by atoms with Gasteiger partial charge in [-0.3, -0.25) is 4.79 Å². The molecule has 0 saturated carbocycles. The lowest BCUT2D eigenvalue weighted by Gasteiger charge is -2.09. The number of nitrogens with one attached hydrogen (secondary N) is 1. The number of benzene rings is 2. The van der Waals surface area contributed by atoms with Crippen molar-refractivity contribution in [3.8, 4) is 17.2 Å². The van der Waals surface area contributed by atoms with Crippen molar-refractivity contribution in [3.05, 3.63) is 64.5 Å². The molecule has 0 aliphatic heterocycles. The van der Waals surface area contributed by atoms with Gasteiger partial charge < -0.3 is 23.9 Å². The topological polar surface area (TPSA) is 104 Å². The van der Waals surface area contributed by atoms with Crippen molar-refractivity contribution >= 4 is 22.8 Å². The summed E-state index contributed by atoms with van der Waals surface area (Å²) in [5.74, 6) is 0.311. The highest BCUT2D eigenvalue weighted by Gasteiger charge is 2.14. The minimum absolute atomic E-state index is 0.0675. The van der Waals surface area contributed by atoms with Gasteiger partial charge in [0, 0.05) is 18.0 Å². The van der Waals surface area contributed by atoms with Gasteiger partial charge in [0.2, 0.25) is 0 Å². The Labute approximate surface area is 185 Å². The minimum Gasteiger partial charge on any atom is -0.494 e. The normalized spacial score (nSPS) is 10.6. The Morgan fingerprint density at radius 1 is 0.938 bits per heavy atom. The molecule has 0 spiro atoms. The van der Waals surface area contributed by atoms with Gasteiger partial charge in [0.25, 0.3) is 5.91 Å². The summed E-state index contributed by atoms with van der Waals surface area (Å²) < 4.78 is 21.3. The fraction of sp³-hybridized carbons (Fsp3) is 0.292. The first-order valence-corrected chi connectivity index (χ1v) is 10.4. The second-order valence-electron chi connectivity index (χ2n) is 6.92. The predicted octanol–water partition coefficient (Wildman–Crippen LogP) is 3.71. The molecule has 0 fully saturated rings. The third-order valence-corrected chi connectivity index (χ3v) is 4.49. The number of ether oxygens (including phenoxy) is 3. The Kier molecular flexibility index (Phi) is 7.85. The zero-order chi connectivity index (χ0) is 22.9. The molecule has 0 aliphatic rings. The zero-order valence-electron chi connectivity index (χ0n) is 18.0. The molecule has 1 N–H and O–H groups in total. The van der Waals surface area contributed by atoms with E-state index in [2.05, 4.69) is 5.32 Å². The van der Waals surface area contributed by atoms with Gasteiger partial charge in [0.1, 0.15) is 28.4 Å². The fourth-order valence-electron chi connectivity index (χ4n) is 2.89. The molecule has 0 radical (unpaired) electrons. The number of esters is 1. The van der Waals surface area contributed by atoms with Crippen molar-refractivity contribution in [2.75, 3.05) is 19.8 Å². The van der Waals surface area contributed by atoms with E-state index in [1.807, 2.05) is 13.8 Å². The van der Waals surface area contributed by atoms with E-state index < -0.39 is 17.5 Å². The zero-order valence-corrected chi connectivity index (χ0v) is 18.0. The summed E-state index contributed by atoms with van der Waals surface area (Å²) in [5, 5.41) is 3.23. The Bertz CT molecular complexity index is 1140. The Hall–Kier alpha value is -3.81. The van der Waals surface area contributed by atoms with Crippen molar-refractivity contribution in [1.82, 2.24) is 5.32 Å². The van der Waals surface area contributed by atoms with Gasteiger partial charge >= 0.3 is 11.6 Å². The quantitative estimate of drug-likeness (QED) is 0.222. The Balaban J connectivity index is 1.62. The number of carbonyl (C=O) groups is 2. The second-order valence-corrected chi connectivity index (χ2v) is 6.92. The van der Waals surface area contributed by atoms with Crippen LogP contribution in [0.2, 0.25) is 0 Å². The molecule has 32 heavy (non-hydrogen) atoms. The van der Waals surface area contributed by atoms with Crippen LogP contribution in [-0.2, 0) is 4.79 Å². The fourth-order valence-corrected chi connectivity index (χ4v) is 2.89. The minimum atomic E-state index is -0.756. The average molecular weight is 439 g/mol. The summed E-state index contributed by atoms with van der Waals surface area (Å²) in [7, 11) is 0. The molecule has 3 rings (SSSR count). The van der Waals surface area contributed by atoms with Crippen LogP contribution in [0.25, 0.3) is 11.0 Å². The van der Waals surface area contributed by atoms with E-state index >= 15 is 0 Å². The Morgan fingerprint density at radius 3 is 2.31 bits per heavy atom. The van der Waals surface area contributed by atoms with Crippen LogP contribution in [0.1, 0.15) is 37.0 Å². The standard InChI is InChI=1S/C24H25NO7/c1-3-5-12-25-23(27)20-13-16-6-7-19(14-21(16)32-24(20)28)31-22(26)15-30-18-10-8-17(9-11-18)29-4-2/h6-11,13-14H,3-5,12,15H2,1-2H3,(H,25,27). The maximum atomic E-state index is 12.2. The van der Waals surface area contributed by atoms with E-state index in [0.717, 1.165) is 12.8 Å². The molecule has 2 aromatic carbocycles. The summed E-state index contributed by atoms with van der Waals surface area (Å²) in [5.41, 5.74) is -0.617. The average Bonchev–Trinajstić information content (AvgIpc) is 2.78. The molecular formula is C24H25NO7. The van der Waals surface area contributed by atoms with E-state index in [-0.39, 0.29) is 23.5 Å². The monoisotopic (exact) mass is 439 g/mol. The lowest BCUT2D eigenvalue weighted by Crippen LogP contribution is -2.28. The van der Waals surface area contributed by atoms with Gasteiger partial charge in [-0.2, -0.15) is 0 Å². The van der Waals surface area contributed by atoms with Crippen LogP contribution >= 0.6 is 0 Å². The molecular weight excluding hydrogens is 414 g/mol. The number of rotatable bonds is 10. The third-order valence-electron chi connectivity index (χ3n) is 4.49. The van der Waals surface area contributed by atoms with Gasteiger partial charge in [-0.1, -0.05) is 13.3 Å². The van der Waals surface area contributed by atoms with Crippen LogP contribution in [0.5, 0.6) is 17.2 Å². The second kappa shape index (κ2) is 11.0. The molecule has 0 bridgehead atoms. The lowest BCUT2D eigenvalue weighted by molar-refractivity contribution is -0.136. The first kappa shape index (κ1) is 22.9. The summed E-state index contributed by atoms with van der Waals surface area (Å²) in [6.45, 7) is 4.65. The number of amides is 1. The van der Waals surface area contributed by atoms with Crippen LogP contribution in [0.4, 0.5) is 0 Å². The van der Waals surface area contributed by atoms with Crippen LogP contribution < -0.4 is 25.2 Å². The maximum absolute atomic E-state index is 12.2. The molecule has 0 saturated heterocycles. The maximum Gasteiger partial charge on any atom is 0.349 e. The van der Waals surface area contributed by atoms with Gasteiger partial charge in [-0.05, 0) is 55.8 Å². The predicted molar refractivity (Wildman–Crippen MR) is 118 cm³/mol. The third kappa shape index (κ3) is 6.10. The van der Waals surface area contributed by atoms with Gasteiger partial charge in [0.15, 0.2) is 6.61 Å². The highest BCUT2D eigenvalue weighted by Crippen LogP contribution is 2.21. The van der Waals surface area contributed by atoms with Crippen molar-refractivity contribution < 1.29 is 28.2 Å². The molecule has 8 nitrogen and oxygen atoms in total. The van der Waals surface area contributed by atoms with Crippen LogP contribution in [-0.4, -0.2) is 31.6 Å². The van der Waals surface area contributed by atoms with Crippen molar-refractivity contribution in [1.29, 1.82) is 0 Å². The van der Waals surface area contributed by atoms with Crippen molar-refractivity contribution in [2.24, 2.45) is 0 Å². The largest absolute Gasteiger partial charge is 0.494 e. The molecule has 168 valence electrons. The Morgan fingerprint density at radius 2 is 1.62 bits per heavy atom. The lowest BCUT2D eigenvalue weighted by atomic mass is 10.1. The summed E-state index contributed by atoms with van der Waals surface area (Å²) in [6.07, 6.45) is 1.75. The first-order valence-electron chi connectivity index (χ1n) is 10.4. The molecule has 1 amide bonds.